The quantitative estimate of drug-likeness (QED) is 0.136. The number of furan rings is 1. The minimum absolute atomic E-state index is 0.851. The molecular weight excluding hydrogens is 741 g/mol. The highest BCUT2D eigenvalue weighted by Crippen LogP contribution is 2.46. The predicted octanol–water partition coefficient (Wildman–Crippen LogP) is 16.1. The van der Waals surface area contributed by atoms with Crippen LogP contribution in [0.15, 0.2) is 242 Å². The molecule has 2 aromatic heterocycles. The van der Waals surface area contributed by atoms with E-state index in [1.165, 1.54) is 27.2 Å². The third kappa shape index (κ3) is 6.23. The Morgan fingerprint density at radius 2 is 1.05 bits per heavy atom. The van der Waals surface area contributed by atoms with E-state index in [-0.39, 0.29) is 0 Å². The number of rotatable bonds is 9. The summed E-state index contributed by atoms with van der Waals surface area (Å²) < 4.78 is 8.71. The maximum absolute atomic E-state index is 6.30. The third-order valence-electron chi connectivity index (χ3n) is 11.8. The molecule has 3 nitrogen and oxygen atoms in total. The van der Waals surface area contributed by atoms with Gasteiger partial charge in [-0.3, -0.25) is 0 Å². The molecule has 61 heavy (non-hydrogen) atoms. The van der Waals surface area contributed by atoms with Gasteiger partial charge in [-0.1, -0.05) is 176 Å². The molecule has 0 radical (unpaired) electrons. The average Bonchev–Trinajstić information content (AvgIpc) is 3.89. The van der Waals surface area contributed by atoms with E-state index in [1.54, 1.807) is 0 Å². The van der Waals surface area contributed by atoms with Crippen LogP contribution in [0.2, 0.25) is 0 Å². The predicted molar refractivity (Wildman–Crippen MR) is 257 cm³/mol. The number of hydrogen-bond donors (Lipinski definition) is 0. The van der Waals surface area contributed by atoms with Crippen LogP contribution in [-0.4, -0.2) is 4.57 Å². The van der Waals surface area contributed by atoms with E-state index in [9.17, 15) is 0 Å². The summed E-state index contributed by atoms with van der Waals surface area (Å²) in [5, 5.41) is 5.87. The van der Waals surface area contributed by atoms with Gasteiger partial charge in [-0.25, -0.2) is 0 Å². The average molecular weight is 781 g/mol. The first-order valence-corrected chi connectivity index (χ1v) is 20.7. The van der Waals surface area contributed by atoms with Crippen LogP contribution in [0.5, 0.6) is 0 Å². The summed E-state index contributed by atoms with van der Waals surface area (Å²) in [5.74, 6) is 0. The van der Waals surface area contributed by atoms with Gasteiger partial charge in [-0.15, -0.1) is 0 Å². The van der Waals surface area contributed by atoms with Crippen LogP contribution in [0.25, 0.3) is 77.1 Å². The highest BCUT2D eigenvalue weighted by molar-refractivity contribution is 6.10. The fourth-order valence-electron chi connectivity index (χ4n) is 9.08. The molecule has 0 atom stereocenters. The standard InChI is InChI=1S/C58H40N2O/c1-2-18-47(52-39-61-58-38-43-22-7-6-21-42(43)37-51(52)58)48-25-10-15-30-55(48)59(53-28-13-8-23-45(53)40-19-4-3-5-20-40)44-35-33-41(34-36-44)46-24-9-14-29-54(46)60-56-31-16-11-26-49(56)50-27-12-17-32-57(50)60/h2-39H,1H2/b47-18-. The van der Waals surface area contributed by atoms with E-state index in [0.29, 0.717) is 0 Å². The molecule has 0 amide bonds. The first-order chi connectivity index (χ1) is 30.2. The zero-order chi connectivity index (χ0) is 40.7. The van der Waals surface area contributed by atoms with Crippen LogP contribution in [0, 0.1) is 0 Å². The van der Waals surface area contributed by atoms with Gasteiger partial charge in [0.25, 0.3) is 0 Å². The summed E-state index contributed by atoms with van der Waals surface area (Å²) in [4.78, 5) is 2.40. The van der Waals surface area contributed by atoms with Crippen molar-refractivity contribution in [3.8, 4) is 27.9 Å². The number of allylic oxidation sites excluding steroid dienone is 2. The van der Waals surface area contributed by atoms with Gasteiger partial charge in [0.1, 0.15) is 5.58 Å². The second-order valence-electron chi connectivity index (χ2n) is 15.3. The van der Waals surface area contributed by atoms with Crippen molar-refractivity contribution in [2.75, 3.05) is 4.90 Å². The van der Waals surface area contributed by atoms with Crippen LogP contribution in [0.3, 0.4) is 0 Å². The SMILES string of the molecule is C=C/C=C(/c1ccccc1N(c1ccc(-c2ccccc2-n2c3ccccc3c3ccccc32)cc1)c1ccccc1-c1ccccc1)c1coc2cc3ccccc3cc12. The maximum atomic E-state index is 6.30. The van der Waals surface area contributed by atoms with E-state index in [2.05, 4.69) is 234 Å². The molecule has 0 fully saturated rings. The highest BCUT2D eigenvalue weighted by Gasteiger charge is 2.24. The van der Waals surface area contributed by atoms with E-state index in [0.717, 1.165) is 78.1 Å². The monoisotopic (exact) mass is 780 g/mol. The lowest BCUT2D eigenvalue weighted by molar-refractivity contribution is 0.615. The summed E-state index contributed by atoms with van der Waals surface area (Å²) >= 11 is 0. The van der Waals surface area contributed by atoms with E-state index in [4.69, 9.17) is 4.42 Å². The molecule has 9 aromatic carbocycles. The third-order valence-corrected chi connectivity index (χ3v) is 11.8. The Balaban J connectivity index is 1.09. The van der Waals surface area contributed by atoms with Crippen molar-refractivity contribution in [2.45, 2.75) is 0 Å². The maximum Gasteiger partial charge on any atom is 0.135 e. The van der Waals surface area contributed by atoms with Crippen molar-refractivity contribution in [3.63, 3.8) is 0 Å². The lowest BCUT2D eigenvalue weighted by Crippen LogP contribution is -2.13. The number of benzene rings is 9. The van der Waals surface area contributed by atoms with Gasteiger partial charge in [0.2, 0.25) is 0 Å². The largest absolute Gasteiger partial charge is 0.464 e. The zero-order valence-electron chi connectivity index (χ0n) is 33.4. The molecular formula is C58H40N2O. The molecule has 0 unspecified atom stereocenters. The van der Waals surface area contributed by atoms with Crippen LogP contribution in [-0.2, 0) is 0 Å². The van der Waals surface area contributed by atoms with Crippen LogP contribution in [0.4, 0.5) is 17.1 Å². The van der Waals surface area contributed by atoms with E-state index < -0.39 is 0 Å². The molecule has 0 N–H and O–H groups in total. The van der Waals surface area contributed by atoms with Crippen molar-refractivity contribution in [1.82, 2.24) is 4.57 Å². The Bertz CT molecular complexity index is 3390. The van der Waals surface area contributed by atoms with Crippen molar-refractivity contribution in [1.29, 1.82) is 0 Å². The van der Waals surface area contributed by atoms with Crippen LogP contribution < -0.4 is 4.90 Å². The van der Waals surface area contributed by atoms with Gasteiger partial charge in [-0.05, 0) is 82.1 Å². The topological polar surface area (TPSA) is 21.3 Å². The number of nitrogens with zero attached hydrogens (tertiary/aromatic N) is 2. The fraction of sp³-hybridized carbons (Fsp3) is 0. The minimum Gasteiger partial charge on any atom is -0.464 e. The van der Waals surface area contributed by atoms with Crippen molar-refractivity contribution in [2.24, 2.45) is 0 Å². The lowest BCUT2D eigenvalue weighted by atomic mass is 9.93. The molecule has 0 aliphatic heterocycles. The highest BCUT2D eigenvalue weighted by atomic mass is 16.3. The molecule has 288 valence electrons. The Morgan fingerprint density at radius 3 is 1.79 bits per heavy atom. The normalized spacial score (nSPS) is 11.8. The molecule has 0 bridgehead atoms. The molecule has 0 saturated heterocycles. The molecule has 0 spiro atoms. The number of para-hydroxylation sites is 5. The first-order valence-electron chi connectivity index (χ1n) is 20.7. The first kappa shape index (κ1) is 36.0. The molecule has 3 heteroatoms. The van der Waals surface area contributed by atoms with Gasteiger partial charge in [0.15, 0.2) is 0 Å². The lowest BCUT2D eigenvalue weighted by Gasteiger charge is -2.30. The van der Waals surface area contributed by atoms with Crippen molar-refractivity contribution in [3.05, 3.63) is 248 Å². The van der Waals surface area contributed by atoms with E-state index in [1.807, 2.05) is 12.3 Å². The smallest absolute Gasteiger partial charge is 0.135 e. The summed E-state index contributed by atoms with van der Waals surface area (Å²) in [7, 11) is 0. The number of aromatic nitrogens is 1. The second kappa shape index (κ2) is 15.2. The fourth-order valence-corrected chi connectivity index (χ4v) is 9.08. The molecule has 0 saturated carbocycles. The summed E-state index contributed by atoms with van der Waals surface area (Å²) in [6.07, 6.45) is 5.87. The van der Waals surface area contributed by atoms with Crippen LogP contribution >= 0.6 is 0 Å². The summed E-state index contributed by atoms with van der Waals surface area (Å²) in [6.45, 7) is 4.19. The van der Waals surface area contributed by atoms with E-state index >= 15 is 0 Å². The Labute approximate surface area is 355 Å². The molecule has 2 heterocycles. The van der Waals surface area contributed by atoms with Gasteiger partial charge >= 0.3 is 0 Å². The summed E-state index contributed by atoms with van der Waals surface area (Å²) in [5.41, 5.74) is 15.2. The van der Waals surface area contributed by atoms with Gasteiger partial charge in [0.05, 0.1) is 34.4 Å². The Hall–Kier alpha value is -8.14. The molecule has 11 aromatic rings. The van der Waals surface area contributed by atoms with Gasteiger partial charge in [0, 0.05) is 44.1 Å². The Kier molecular flexibility index (Phi) is 8.98. The van der Waals surface area contributed by atoms with Gasteiger partial charge in [-0.2, -0.15) is 0 Å². The number of fused-ring (bicyclic) bond motifs is 5. The molecule has 0 aliphatic carbocycles. The minimum atomic E-state index is 0.851. The molecule has 0 aliphatic rings. The second-order valence-corrected chi connectivity index (χ2v) is 15.3. The number of anilines is 3. The van der Waals surface area contributed by atoms with Gasteiger partial charge < -0.3 is 13.9 Å². The van der Waals surface area contributed by atoms with Crippen molar-refractivity contribution < 1.29 is 4.42 Å². The number of hydrogen-bond acceptors (Lipinski definition) is 2. The summed E-state index contributed by atoms with van der Waals surface area (Å²) in [6, 6.07) is 76.0. The zero-order valence-corrected chi connectivity index (χ0v) is 33.4. The molecule has 11 rings (SSSR count). The van der Waals surface area contributed by atoms with Crippen molar-refractivity contribution >= 4 is 66.2 Å². The Morgan fingerprint density at radius 1 is 0.475 bits per heavy atom. The van der Waals surface area contributed by atoms with Crippen LogP contribution in [0.1, 0.15) is 11.1 Å².